The fourth-order valence-electron chi connectivity index (χ4n) is 1.94. The van der Waals surface area contributed by atoms with Crippen LogP contribution < -0.4 is 0 Å². The highest BCUT2D eigenvalue weighted by Crippen LogP contribution is 2.55. The van der Waals surface area contributed by atoms with Crippen LogP contribution in [0.3, 0.4) is 0 Å². The summed E-state index contributed by atoms with van der Waals surface area (Å²) in [7, 11) is -7.19. The number of hydrogen-bond donors (Lipinski definition) is 2. The lowest BCUT2D eigenvalue weighted by molar-refractivity contribution is 0.128. The SMILES string of the molecule is CCOP(=O)(OCC)C(O)CCCC(O)P(=O)(OCC)OCC. The molecule has 0 saturated heterocycles. The van der Waals surface area contributed by atoms with Gasteiger partial charge in [-0.2, -0.15) is 0 Å². The molecule has 0 rings (SSSR count). The van der Waals surface area contributed by atoms with E-state index in [9.17, 15) is 19.3 Å². The highest BCUT2D eigenvalue weighted by Gasteiger charge is 2.36. The highest BCUT2D eigenvalue weighted by atomic mass is 31.2. The predicted molar refractivity (Wildman–Crippen MR) is 87.6 cm³/mol. The van der Waals surface area contributed by atoms with Gasteiger partial charge in [0, 0.05) is 0 Å². The second kappa shape index (κ2) is 11.7. The number of aliphatic hydroxyl groups is 2. The first kappa shape index (κ1) is 23.2. The van der Waals surface area contributed by atoms with E-state index in [0.717, 1.165) is 0 Å². The molecule has 0 saturated carbocycles. The third kappa shape index (κ3) is 7.76. The van der Waals surface area contributed by atoms with Crippen LogP contribution in [0.5, 0.6) is 0 Å². The van der Waals surface area contributed by atoms with Crippen LogP contribution in [0.25, 0.3) is 0 Å². The van der Waals surface area contributed by atoms with Crippen LogP contribution in [-0.4, -0.2) is 48.3 Å². The molecule has 0 heterocycles. The molecule has 0 aliphatic rings. The zero-order valence-electron chi connectivity index (χ0n) is 14.3. The van der Waals surface area contributed by atoms with Gasteiger partial charge in [0.25, 0.3) is 0 Å². The van der Waals surface area contributed by atoms with Crippen LogP contribution in [0, 0.1) is 0 Å². The van der Waals surface area contributed by atoms with Crippen molar-refractivity contribution in [1.82, 2.24) is 0 Å². The molecule has 10 heteroatoms. The summed E-state index contributed by atoms with van der Waals surface area (Å²) < 4.78 is 44.9. The average molecular weight is 376 g/mol. The highest BCUT2D eigenvalue weighted by molar-refractivity contribution is 7.54. The van der Waals surface area contributed by atoms with Gasteiger partial charge < -0.3 is 28.3 Å². The van der Waals surface area contributed by atoms with Crippen LogP contribution >= 0.6 is 15.2 Å². The van der Waals surface area contributed by atoms with Gasteiger partial charge in [0.05, 0.1) is 26.4 Å². The second-order valence-corrected chi connectivity index (χ2v) is 9.03. The van der Waals surface area contributed by atoms with Crippen LogP contribution in [0.15, 0.2) is 0 Å². The van der Waals surface area contributed by atoms with Crippen molar-refractivity contribution in [2.45, 2.75) is 58.6 Å². The van der Waals surface area contributed by atoms with Crippen molar-refractivity contribution in [1.29, 1.82) is 0 Å². The summed E-state index contributed by atoms with van der Waals surface area (Å²) in [6.07, 6.45) is 0.412. The quantitative estimate of drug-likeness (QED) is 0.444. The van der Waals surface area contributed by atoms with Crippen LogP contribution in [0.4, 0.5) is 0 Å². The Morgan fingerprint density at radius 3 is 1.17 bits per heavy atom. The Morgan fingerprint density at radius 2 is 0.957 bits per heavy atom. The third-order valence-electron chi connectivity index (χ3n) is 2.89. The lowest BCUT2D eigenvalue weighted by Gasteiger charge is -2.24. The summed E-state index contributed by atoms with van der Waals surface area (Å²) in [5.74, 6) is -2.60. The predicted octanol–water partition coefficient (Wildman–Crippen LogP) is 3.33. The van der Waals surface area contributed by atoms with Crippen molar-refractivity contribution in [3.05, 3.63) is 0 Å². The van der Waals surface area contributed by atoms with E-state index in [2.05, 4.69) is 0 Å². The molecule has 0 amide bonds. The largest absolute Gasteiger partial charge is 0.380 e. The second-order valence-electron chi connectivity index (χ2n) is 4.64. The lowest BCUT2D eigenvalue weighted by atomic mass is 10.2. The first-order valence-electron chi connectivity index (χ1n) is 7.93. The van der Waals surface area contributed by atoms with Gasteiger partial charge in [-0.1, -0.05) is 0 Å². The summed E-state index contributed by atoms with van der Waals surface area (Å²) in [4.78, 5) is 0. The molecular formula is C13H30O8P2. The zero-order chi connectivity index (χ0) is 17.9. The van der Waals surface area contributed by atoms with Crippen molar-refractivity contribution >= 4 is 15.2 Å². The van der Waals surface area contributed by atoms with E-state index in [1.165, 1.54) is 0 Å². The van der Waals surface area contributed by atoms with Crippen LogP contribution in [-0.2, 0) is 27.2 Å². The van der Waals surface area contributed by atoms with Gasteiger partial charge in [0.1, 0.15) is 0 Å². The first-order valence-corrected chi connectivity index (χ1v) is 11.2. The normalized spacial score (nSPS) is 15.6. The van der Waals surface area contributed by atoms with E-state index in [1.807, 2.05) is 0 Å². The van der Waals surface area contributed by atoms with Crippen molar-refractivity contribution in [3.63, 3.8) is 0 Å². The van der Waals surface area contributed by atoms with E-state index in [4.69, 9.17) is 18.1 Å². The summed E-state index contributed by atoms with van der Waals surface area (Å²) in [6, 6.07) is 0. The molecule has 2 N–H and O–H groups in total. The molecule has 0 spiro atoms. The van der Waals surface area contributed by atoms with Gasteiger partial charge in [0.2, 0.25) is 0 Å². The molecule has 140 valence electrons. The van der Waals surface area contributed by atoms with E-state index < -0.39 is 26.9 Å². The average Bonchev–Trinajstić information content (AvgIpc) is 2.47. The number of aliphatic hydroxyl groups excluding tert-OH is 2. The van der Waals surface area contributed by atoms with Gasteiger partial charge in [0.15, 0.2) is 11.7 Å². The maximum atomic E-state index is 12.3. The maximum Gasteiger partial charge on any atom is 0.358 e. The smallest absolute Gasteiger partial charge is 0.358 e. The molecule has 0 aromatic carbocycles. The van der Waals surface area contributed by atoms with Crippen molar-refractivity contribution in [2.75, 3.05) is 26.4 Å². The van der Waals surface area contributed by atoms with Gasteiger partial charge in [-0.3, -0.25) is 9.13 Å². The summed E-state index contributed by atoms with van der Waals surface area (Å²) in [6.45, 7) is 7.24. The van der Waals surface area contributed by atoms with Gasteiger partial charge >= 0.3 is 15.2 Å². The van der Waals surface area contributed by atoms with Gasteiger partial charge in [-0.05, 0) is 47.0 Å². The minimum absolute atomic E-state index is 0.0760. The van der Waals surface area contributed by atoms with Crippen molar-refractivity contribution in [2.24, 2.45) is 0 Å². The molecule has 0 fully saturated rings. The zero-order valence-corrected chi connectivity index (χ0v) is 16.1. The Labute approximate surface area is 138 Å². The van der Waals surface area contributed by atoms with Crippen molar-refractivity contribution in [3.8, 4) is 0 Å². The molecule has 0 radical (unpaired) electrons. The van der Waals surface area contributed by atoms with Gasteiger partial charge in [-0.25, -0.2) is 0 Å². The molecule has 0 aliphatic carbocycles. The molecule has 0 aromatic rings. The minimum atomic E-state index is -3.59. The molecule has 23 heavy (non-hydrogen) atoms. The standard InChI is InChI=1S/C13H30O8P2/c1-5-18-22(16,19-6-2)12(14)10-9-11-13(15)23(17,20-7-3)21-8-4/h12-15H,5-11H2,1-4H3. The maximum absolute atomic E-state index is 12.3. The molecule has 2 unspecified atom stereocenters. The third-order valence-corrected chi connectivity index (χ3v) is 7.34. The Balaban J connectivity index is 4.56. The number of rotatable bonds is 14. The topological polar surface area (TPSA) is 112 Å². The molecule has 8 nitrogen and oxygen atoms in total. The molecule has 0 aliphatic heterocycles. The lowest BCUT2D eigenvalue weighted by Crippen LogP contribution is -2.16. The Hall–Kier alpha value is 0.220. The fourth-order valence-corrected chi connectivity index (χ4v) is 5.21. The fraction of sp³-hybridized carbons (Fsp3) is 1.00. The van der Waals surface area contributed by atoms with E-state index >= 15 is 0 Å². The Bertz CT molecular complexity index is 347. The van der Waals surface area contributed by atoms with E-state index in [0.29, 0.717) is 0 Å². The first-order chi connectivity index (χ1) is 10.8. The minimum Gasteiger partial charge on any atom is -0.380 e. The summed E-state index contributed by atoms with van der Waals surface area (Å²) in [5.41, 5.74) is 0. The molecule has 2 atom stereocenters. The molecular weight excluding hydrogens is 346 g/mol. The van der Waals surface area contributed by atoms with Crippen LogP contribution in [0.1, 0.15) is 47.0 Å². The summed E-state index contributed by atoms with van der Waals surface area (Å²) in [5, 5.41) is 20.1. The number of hydrogen-bond acceptors (Lipinski definition) is 8. The summed E-state index contributed by atoms with van der Waals surface area (Å²) >= 11 is 0. The Kier molecular flexibility index (Phi) is 11.8. The van der Waals surface area contributed by atoms with Crippen molar-refractivity contribution < 1.29 is 37.4 Å². The molecule has 0 aromatic heterocycles. The molecule has 0 bridgehead atoms. The monoisotopic (exact) mass is 376 g/mol. The Morgan fingerprint density at radius 1 is 0.696 bits per heavy atom. The van der Waals surface area contributed by atoms with E-state index in [-0.39, 0.29) is 45.7 Å². The van der Waals surface area contributed by atoms with E-state index in [1.54, 1.807) is 27.7 Å². The van der Waals surface area contributed by atoms with Crippen LogP contribution in [0.2, 0.25) is 0 Å². The van der Waals surface area contributed by atoms with Gasteiger partial charge in [-0.15, -0.1) is 0 Å².